The van der Waals surface area contributed by atoms with Gasteiger partial charge < -0.3 is 19.5 Å². The highest BCUT2D eigenvalue weighted by Gasteiger charge is 2.46. The first-order valence-corrected chi connectivity index (χ1v) is 11.1. The van der Waals surface area contributed by atoms with Crippen molar-refractivity contribution in [3.8, 4) is 11.5 Å². The van der Waals surface area contributed by atoms with Gasteiger partial charge in [0.05, 0.1) is 36.4 Å². The van der Waals surface area contributed by atoms with E-state index in [2.05, 4.69) is 0 Å². The second-order valence-electron chi connectivity index (χ2n) is 7.26. The average molecular weight is 488 g/mol. The van der Waals surface area contributed by atoms with E-state index in [0.29, 0.717) is 10.4 Å². The molecule has 33 heavy (non-hydrogen) atoms. The maximum atomic E-state index is 13.4. The molecule has 0 radical (unpaired) electrons. The molecule has 170 valence electrons. The monoisotopic (exact) mass is 487 g/mol. The molecule has 0 spiro atoms. The number of hydrogen-bond acceptors (Lipinski definition) is 6. The highest BCUT2D eigenvalue weighted by Crippen LogP contribution is 2.44. The van der Waals surface area contributed by atoms with Crippen LogP contribution in [0.3, 0.4) is 0 Å². The Bertz CT molecular complexity index is 1240. The van der Waals surface area contributed by atoms with E-state index in [1.54, 1.807) is 24.3 Å². The van der Waals surface area contributed by atoms with Gasteiger partial charge in [0.2, 0.25) is 0 Å². The number of rotatable bonds is 6. The summed E-state index contributed by atoms with van der Waals surface area (Å²) in [5, 5.41) is 13.4. The Morgan fingerprint density at radius 3 is 2.42 bits per heavy atom. The number of aliphatic hydroxyl groups is 1. The zero-order chi connectivity index (χ0) is 23.7. The molecule has 2 heterocycles. The van der Waals surface area contributed by atoms with Crippen LogP contribution in [0.15, 0.2) is 59.5 Å². The van der Waals surface area contributed by atoms with E-state index in [0.717, 1.165) is 0 Å². The van der Waals surface area contributed by atoms with Gasteiger partial charge in [-0.15, -0.1) is 11.3 Å². The number of benzene rings is 2. The van der Waals surface area contributed by atoms with Gasteiger partial charge in [0.25, 0.3) is 11.7 Å². The minimum Gasteiger partial charge on any atom is -0.507 e. The van der Waals surface area contributed by atoms with Gasteiger partial charge in [0.15, 0.2) is 0 Å². The molecule has 9 heteroatoms. The summed E-state index contributed by atoms with van der Waals surface area (Å²) in [6.45, 7) is 0.0608. The second kappa shape index (κ2) is 9.25. The number of aliphatic hydroxyl groups excluding tert-OH is 1. The van der Waals surface area contributed by atoms with Crippen molar-refractivity contribution in [1.29, 1.82) is 0 Å². The molecule has 1 aliphatic rings. The number of carbonyl (C=O) groups excluding carboxylic acids is 2. The fraction of sp³-hybridized carbons (Fsp3) is 0.167. The Labute approximate surface area is 198 Å². The topological polar surface area (TPSA) is 76.1 Å². The van der Waals surface area contributed by atoms with Gasteiger partial charge in [-0.1, -0.05) is 29.8 Å². The quantitative estimate of drug-likeness (QED) is 0.294. The molecule has 1 aromatic heterocycles. The van der Waals surface area contributed by atoms with Crippen LogP contribution >= 0.6 is 22.9 Å². The summed E-state index contributed by atoms with van der Waals surface area (Å²) in [6, 6.07) is 11.3. The lowest BCUT2D eigenvalue weighted by Crippen LogP contribution is -2.28. The molecule has 0 saturated carbocycles. The number of Topliss-reactive ketones (excluding diaryl/α,β-unsaturated/α-hetero) is 1. The van der Waals surface area contributed by atoms with E-state index < -0.39 is 29.3 Å². The third kappa shape index (κ3) is 4.19. The van der Waals surface area contributed by atoms with Crippen molar-refractivity contribution in [2.45, 2.75) is 12.6 Å². The minimum atomic E-state index is -0.832. The van der Waals surface area contributed by atoms with Crippen molar-refractivity contribution in [1.82, 2.24) is 4.90 Å². The number of nitrogens with zero attached hydrogens (tertiary/aromatic N) is 1. The minimum absolute atomic E-state index is 0.0608. The maximum absolute atomic E-state index is 13.4. The number of amides is 1. The fourth-order valence-corrected chi connectivity index (χ4v) is 4.84. The van der Waals surface area contributed by atoms with Gasteiger partial charge in [0.1, 0.15) is 23.1 Å². The van der Waals surface area contributed by atoms with Gasteiger partial charge in [-0.05, 0) is 35.2 Å². The third-order valence-electron chi connectivity index (χ3n) is 5.35. The lowest BCUT2D eigenvalue weighted by Gasteiger charge is -2.24. The normalized spacial score (nSPS) is 17.5. The molecule has 1 atom stereocenters. The van der Waals surface area contributed by atoms with E-state index in [1.807, 2.05) is 5.38 Å². The molecule has 1 unspecified atom stereocenters. The third-order valence-corrected chi connectivity index (χ3v) is 6.57. The fourth-order valence-electron chi connectivity index (χ4n) is 3.76. The maximum Gasteiger partial charge on any atom is 0.295 e. The van der Waals surface area contributed by atoms with E-state index >= 15 is 0 Å². The van der Waals surface area contributed by atoms with Crippen molar-refractivity contribution in [2.24, 2.45) is 0 Å². The first-order valence-electron chi connectivity index (χ1n) is 9.83. The lowest BCUT2D eigenvalue weighted by molar-refractivity contribution is -0.140. The SMILES string of the molecule is COc1cc(/C(O)=C2\C(=O)C(=O)N(Cc3ccc(F)cc3)C2c2cccs2)c(OC)cc1Cl. The summed E-state index contributed by atoms with van der Waals surface area (Å²) in [4.78, 5) is 28.2. The summed E-state index contributed by atoms with van der Waals surface area (Å²) in [7, 11) is 2.82. The Morgan fingerprint density at radius 1 is 1.12 bits per heavy atom. The molecule has 1 N–H and O–H groups in total. The number of thiophene rings is 1. The summed E-state index contributed by atoms with van der Waals surface area (Å²) in [5.41, 5.74) is 0.734. The summed E-state index contributed by atoms with van der Waals surface area (Å²) in [6.07, 6.45) is 0. The highest BCUT2D eigenvalue weighted by atomic mass is 35.5. The van der Waals surface area contributed by atoms with E-state index in [4.69, 9.17) is 21.1 Å². The summed E-state index contributed by atoms with van der Waals surface area (Å²) >= 11 is 7.52. The predicted octanol–water partition coefficient (Wildman–Crippen LogP) is 5.18. The lowest BCUT2D eigenvalue weighted by atomic mass is 9.99. The Balaban J connectivity index is 1.88. The molecule has 3 aromatic rings. The first-order chi connectivity index (χ1) is 15.8. The van der Waals surface area contributed by atoms with Crippen molar-refractivity contribution in [3.63, 3.8) is 0 Å². The zero-order valence-corrected chi connectivity index (χ0v) is 19.2. The van der Waals surface area contributed by atoms with Crippen LogP contribution in [0, 0.1) is 5.82 Å². The summed E-state index contributed by atoms with van der Waals surface area (Å²) in [5.74, 6) is -1.91. The molecule has 4 rings (SSSR count). The first kappa shape index (κ1) is 22.8. The molecule has 1 fully saturated rings. The standard InChI is InChI=1S/C24H19ClFNO5S/c1-31-17-11-16(25)18(32-2)10-15(17)22(28)20-21(19-4-3-9-33-19)27(24(30)23(20)29)12-13-5-7-14(26)8-6-13/h3-11,21,28H,12H2,1-2H3/b22-20+. The van der Waals surface area contributed by atoms with Gasteiger partial charge >= 0.3 is 0 Å². The van der Waals surface area contributed by atoms with E-state index in [9.17, 15) is 19.1 Å². The van der Waals surface area contributed by atoms with E-state index in [1.165, 1.54) is 54.7 Å². The molecular formula is C24H19ClFNO5S. The van der Waals surface area contributed by atoms with Crippen LogP contribution in [0.2, 0.25) is 5.02 Å². The highest BCUT2D eigenvalue weighted by molar-refractivity contribution is 7.10. The summed E-state index contributed by atoms with van der Waals surface area (Å²) < 4.78 is 23.9. The Kier molecular flexibility index (Phi) is 6.40. The molecule has 0 bridgehead atoms. The van der Waals surface area contributed by atoms with Crippen LogP contribution in [-0.4, -0.2) is 35.9 Å². The number of halogens is 2. The molecule has 1 saturated heterocycles. The van der Waals surface area contributed by atoms with Crippen LogP contribution in [0.1, 0.15) is 22.0 Å². The van der Waals surface area contributed by atoms with Crippen molar-refractivity contribution in [3.05, 3.63) is 86.3 Å². The molecule has 2 aromatic carbocycles. The van der Waals surface area contributed by atoms with Gasteiger partial charge in [0, 0.05) is 17.5 Å². The molecule has 1 aliphatic heterocycles. The smallest absolute Gasteiger partial charge is 0.295 e. The number of ketones is 1. The van der Waals surface area contributed by atoms with Gasteiger partial charge in [-0.25, -0.2) is 4.39 Å². The molecule has 6 nitrogen and oxygen atoms in total. The van der Waals surface area contributed by atoms with Crippen LogP contribution < -0.4 is 9.47 Å². The molecule has 0 aliphatic carbocycles. The van der Waals surface area contributed by atoms with Crippen LogP contribution in [0.25, 0.3) is 5.76 Å². The Morgan fingerprint density at radius 2 is 1.82 bits per heavy atom. The largest absolute Gasteiger partial charge is 0.507 e. The van der Waals surface area contributed by atoms with Gasteiger partial charge in [-0.3, -0.25) is 9.59 Å². The number of carbonyl (C=O) groups is 2. The number of ether oxygens (including phenoxy) is 2. The van der Waals surface area contributed by atoms with Crippen molar-refractivity contribution < 1.29 is 28.6 Å². The van der Waals surface area contributed by atoms with Crippen molar-refractivity contribution in [2.75, 3.05) is 14.2 Å². The zero-order valence-electron chi connectivity index (χ0n) is 17.7. The molecule has 1 amide bonds. The van der Waals surface area contributed by atoms with Crippen LogP contribution in [-0.2, 0) is 16.1 Å². The average Bonchev–Trinajstić information content (AvgIpc) is 3.42. The number of methoxy groups -OCH3 is 2. The number of likely N-dealkylation sites (tertiary alicyclic amines) is 1. The van der Waals surface area contributed by atoms with Crippen molar-refractivity contribution >= 4 is 40.4 Å². The second-order valence-corrected chi connectivity index (χ2v) is 8.64. The van der Waals surface area contributed by atoms with Crippen LogP contribution in [0.4, 0.5) is 4.39 Å². The van der Waals surface area contributed by atoms with Gasteiger partial charge in [-0.2, -0.15) is 0 Å². The van der Waals surface area contributed by atoms with Crippen LogP contribution in [0.5, 0.6) is 11.5 Å². The Hall–Kier alpha value is -3.36. The van der Waals surface area contributed by atoms with E-state index in [-0.39, 0.29) is 34.2 Å². The number of hydrogen-bond donors (Lipinski definition) is 1. The predicted molar refractivity (Wildman–Crippen MR) is 123 cm³/mol. The molecular weight excluding hydrogens is 469 g/mol.